The highest BCUT2D eigenvalue weighted by molar-refractivity contribution is 7.12. The van der Waals surface area contributed by atoms with E-state index < -0.39 is 0 Å². The number of halogens is 2. The van der Waals surface area contributed by atoms with Gasteiger partial charge in [0.15, 0.2) is 0 Å². The van der Waals surface area contributed by atoms with Gasteiger partial charge in [-0.1, -0.05) is 11.6 Å². The van der Waals surface area contributed by atoms with Crippen molar-refractivity contribution < 1.29 is 4.79 Å². The van der Waals surface area contributed by atoms with Gasteiger partial charge >= 0.3 is 0 Å². The van der Waals surface area contributed by atoms with E-state index in [9.17, 15) is 4.79 Å². The lowest BCUT2D eigenvalue weighted by Crippen LogP contribution is -2.31. The van der Waals surface area contributed by atoms with Gasteiger partial charge in [0.25, 0.3) is 5.91 Å². The summed E-state index contributed by atoms with van der Waals surface area (Å²) < 4.78 is 0. The van der Waals surface area contributed by atoms with Crippen LogP contribution in [-0.4, -0.2) is 37.0 Å². The van der Waals surface area contributed by atoms with E-state index in [-0.39, 0.29) is 18.3 Å². The average molecular weight is 293 g/mol. The van der Waals surface area contributed by atoms with Crippen molar-refractivity contribution in [2.45, 2.75) is 0 Å². The smallest absolute Gasteiger partial charge is 0.265 e. The van der Waals surface area contributed by atoms with Gasteiger partial charge in [-0.2, -0.15) is 0 Å². The van der Waals surface area contributed by atoms with E-state index in [0.717, 1.165) is 26.2 Å². The van der Waals surface area contributed by atoms with Crippen molar-refractivity contribution in [3.63, 3.8) is 0 Å². The van der Waals surface area contributed by atoms with Crippen molar-refractivity contribution in [3.8, 4) is 0 Å². The van der Waals surface area contributed by atoms with Crippen LogP contribution in [0.2, 0.25) is 5.02 Å². The minimum atomic E-state index is 0. The molecule has 17 heavy (non-hydrogen) atoms. The number of carbonyl (C=O) groups is 1. The van der Waals surface area contributed by atoms with Gasteiger partial charge in [0, 0.05) is 26.2 Å². The molecule has 0 unspecified atom stereocenters. The minimum absolute atomic E-state index is 0. The first-order chi connectivity index (χ1) is 7.75. The van der Waals surface area contributed by atoms with Crippen LogP contribution in [0.4, 0.5) is 0 Å². The lowest BCUT2D eigenvalue weighted by molar-refractivity contribution is 0.0786. The molecule has 3 rings (SSSR count). The third kappa shape index (κ3) is 2.32. The van der Waals surface area contributed by atoms with Crippen LogP contribution in [0.3, 0.4) is 0 Å². The first-order valence-electron chi connectivity index (χ1n) is 5.48. The van der Waals surface area contributed by atoms with Crippen LogP contribution in [-0.2, 0) is 0 Å². The van der Waals surface area contributed by atoms with Gasteiger partial charge in [-0.15, -0.1) is 23.7 Å². The van der Waals surface area contributed by atoms with E-state index in [1.165, 1.54) is 11.3 Å². The predicted octanol–water partition coefficient (Wildman–Crippen LogP) is 2.11. The number of nitrogens with zero attached hydrogens (tertiary/aromatic N) is 1. The van der Waals surface area contributed by atoms with Crippen LogP contribution in [0.1, 0.15) is 9.67 Å². The van der Waals surface area contributed by atoms with Crippen LogP contribution in [0.5, 0.6) is 0 Å². The fraction of sp³-hybridized carbons (Fsp3) is 0.545. The first-order valence-corrected chi connectivity index (χ1v) is 6.74. The summed E-state index contributed by atoms with van der Waals surface area (Å²) in [4.78, 5) is 14.8. The number of fused-ring (bicyclic) bond motifs is 1. The largest absolute Gasteiger partial charge is 0.337 e. The van der Waals surface area contributed by atoms with E-state index in [4.69, 9.17) is 11.6 Å². The zero-order chi connectivity index (χ0) is 11.1. The molecule has 2 aliphatic heterocycles. The van der Waals surface area contributed by atoms with E-state index in [2.05, 4.69) is 5.32 Å². The van der Waals surface area contributed by atoms with Crippen LogP contribution < -0.4 is 5.32 Å². The molecule has 0 spiro atoms. The zero-order valence-electron chi connectivity index (χ0n) is 9.19. The summed E-state index contributed by atoms with van der Waals surface area (Å²) in [7, 11) is 0. The first kappa shape index (κ1) is 13.1. The molecule has 0 bridgehead atoms. The standard InChI is InChI=1S/C11H13ClN2OS.ClH/c12-9-1-2-16-10(9)11(15)14-5-7-3-13-4-8(7)6-14;/h1-2,7-8,13H,3-6H2;1H/t7-,8+;. The fourth-order valence-electron chi connectivity index (χ4n) is 2.61. The summed E-state index contributed by atoms with van der Waals surface area (Å²) >= 11 is 7.42. The molecule has 94 valence electrons. The maximum atomic E-state index is 12.2. The van der Waals surface area contributed by atoms with Crippen LogP contribution >= 0.6 is 35.3 Å². The fourth-order valence-corrected chi connectivity index (χ4v) is 3.71. The third-order valence-corrected chi connectivity index (χ3v) is 4.82. The lowest BCUT2D eigenvalue weighted by Gasteiger charge is -2.16. The topological polar surface area (TPSA) is 32.3 Å². The molecule has 2 atom stereocenters. The molecule has 2 aliphatic rings. The number of nitrogens with one attached hydrogen (secondary N) is 1. The Morgan fingerprint density at radius 1 is 1.41 bits per heavy atom. The Kier molecular flexibility index (Phi) is 3.98. The Bertz CT molecular complexity index is 411. The molecule has 2 fully saturated rings. The highest BCUT2D eigenvalue weighted by Gasteiger charge is 2.38. The monoisotopic (exact) mass is 292 g/mol. The summed E-state index contributed by atoms with van der Waals surface area (Å²) in [6.07, 6.45) is 0. The molecule has 1 N–H and O–H groups in total. The maximum Gasteiger partial charge on any atom is 0.265 e. The number of hydrogen-bond acceptors (Lipinski definition) is 3. The van der Waals surface area contributed by atoms with E-state index >= 15 is 0 Å². The number of rotatable bonds is 1. The molecular weight excluding hydrogens is 279 g/mol. The van der Waals surface area contributed by atoms with Crippen LogP contribution in [0, 0.1) is 11.8 Å². The number of carbonyl (C=O) groups excluding carboxylic acids is 1. The number of amides is 1. The van der Waals surface area contributed by atoms with Gasteiger partial charge < -0.3 is 10.2 Å². The molecule has 3 nitrogen and oxygen atoms in total. The van der Waals surface area contributed by atoms with Crippen molar-refractivity contribution in [3.05, 3.63) is 21.3 Å². The number of hydrogen-bond donors (Lipinski definition) is 1. The molecule has 0 aliphatic carbocycles. The summed E-state index contributed by atoms with van der Waals surface area (Å²) in [6, 6.07) is 1.79. The Hall–Kier alpha value is -0.290. The average Bonchev–Trinajstić information content (AvgIpc) is 2.89. The Morgan fingerprint density at radius 3 is 2.59 bits per heavy atom. The van der Waals surface area contributed by atoms with Crippen LogP contribution in [0.25, 0.3) is 0 Å². The quantitative estimate of drug-likeness (QED) is 0.860. The van der Waals surface area contributed by atoms with E-state index in [1.54, 1.807) is 6.07 Å². The molecule has 0 saturated carbocycles. The summed E-state index contributed by atoms with van der Waals surface area (Å²) in [5.74, 6) is 1.39. The maximum absolute atomic E-state index is 12.2. The molecule has 6 heteroatoms. The minimum Gasteiger partial charge on any atom is -0.337 e. The Labute approximate surface area is 116 Å². The lowest BCUT2D eigenvalue weighted by atomic mass is 10.0. The van der Waals surface area contributed by atoms with Crippen molar-refractivity contribution >= 4 is 41.3 Å². The third-order valence-electron chi connectivity index (χ3n) is 3.49. The highest BCUT2D eigenvalue weighted by atomic mass is 35.5. The molecular formula is C11H14Cl2N2OS. The molecule has 0 aromatic carbocycles. The van der Waals surface area contributed by atoms with Gasteiger partial charge in [0.2, 0.25) is 0 Å². The normalized spacial score (nSPS) is 26.8. The molecule has 3 heterocycles. The van der Waals surface area contributed by atoms with E-state index in [1.807, 2.05) is 10.3 Å². The predicted molar refractivity (Wildman–Crippen MR) is 72.3 cm³/mol. The van der Waals surface area contributed by atoms with Crippen molar-refractivity contribution in [2.75, 3.05) is 26.2 Å². The van der Waals surface area contributed by atoms with Crippen molar-refractivity contribution in [1.82, 2.24) is 10.2 Å². The van der Waals surface area contributed by atoms with Crippen molar-refractivity contribution in [2.24, 2.45) is 11.8 Å². The molecule has 1 aromatic heterocycles. The van der Waals surface area contributed by atoms with Gasteiger partial charge in [-0.05, 0) is 23.3 Å². The molecule has 0 radical (unpaired) electrons. The van der Waals surface area contributed by atoms with Gasteiger partial charge in [-0.3, -0.25) is 4.79 Å². The van der Waals surface area contributed by atoms with Gasteiger partial charge in [0.1, 0.15) is 4.88 Å². The number of likely N-dealkylation sites (tertiary alicyclic amines) is 1. The summed E-state index contributed by atoms with van der Waals surface area (Å²) in [5, 5.41) is 5.83. The molecule has 2 saturated heterocycles. The van der Waals surface area contributed by atoms with Gasteiger partial charge in [-0.25, -0.2) is 0 Å². The van der Waals surface area contributed by atoms with Gasteiger partial charge in [0.05, 0.1) is 5.02 Å². The Balaban J connectivity index is 0.00000108. The molecule has 1 amide bonds. The second-order valence-corrected chi connectivity index (χ2v) is 5.81. The second-order valence-electron chi connectivity index (χ2n) is 4.49. The van der Waals surface area contributed by atoms with Crippen molar-refractivity contribution in [1.29, 1.82) is 0 Å². The SMILES string of the molecule is Cl.O=C(c1sccc1Cl)N1C[C@H]2CNC[C@H]2C1. The Morgan fingerprint density at radius 2 is 2.06 bits per heavy atom. The summed E-state index contributed by atoms with van der Waals surface area (Å²) in [6.45, 7) is 3.86. The molecule has 1 aromatic rings. The summed E-state index contributed by atoms with van der Waals surface area (Å²) in [5.41, 5.74) is 0. The highest BCUT2D eigenvalue weighted by Crippen LogP contribution is 2.30. The van der Waals surface area contributed by atoms with E-state index in [0.29, 0.717) is 21.7 Å². The van der Waals surface area contributed by atoms with Crippen LogP contribution in [0.15, 0.2) is 11.4 Å². The number of thiophene rings is 1. The zero-order valence-corrected chi connectivity index (χ0v) is 11.6. The second kappa shape index (κ2) is 5.14.